The van der Waals surface area contributed by atoms with Gasteiger partial charge in [0.15, 0.2) is 11.5 Å². The summed E-state index contributed by atoms with van der Waals surface area (Å²) in [5.41, 5.74) is 4.24. The predicted octanol–water partition coefficient (Wildman–Crippen LogP) is 4.37. The van der Waals surface area contributed by atoms with Crippen LogP contribution < -0.4 is 0 Å². The van der Waals surface area contributed by atoms with Gasteiger partial charge in [0.1, 0.15) is 11.4 Å². The van der Waals surface area contributed by atoms with Crippen LogP contribution in [0.2, 0.25) is 0 Å². The highest BCUT2D eigenvalue weighted by molar-refractivity contribution is 5.92. The molecule has 0 spiro atoms. The molecule has 3 heterocycles. The van der Waals surface area contributed by atoms with Gasteiger partial charge in [0.25, 0.3) is 0 Å². The fraction of sp³-hybridized carbons (Fsp3) is 0.346. The number of aromatic nitrogens is 6. The second-order valence-electron chi connectivity index (χ2n) is 9.17. The number of carbonyl (C=O) groups excluding carboxylic acids is 1. The van der Waals surface area contributed by atoms with Crippen LogP contribution in [0.25, 0.3) is 28.2 Å². The van der Waals surface area contributed by atoms with Gasteiger partial charge in [-0.1, -0.05) is 55.8 Å². The van der Waals surface area contributed by atoms with E-state index in [-0.39, 0.29) is 18.2 Å². The minimum Gasteiger partial charge on any atom is -0.461 e. The van der Waals surface area contributed by atoms with Crippen molar-refractivity contribution >= 4 is 5.97 Å². The topological polar surface area (TPSA) is 119 Å². The Morgan fingerprint density at radius 3 is 2.63 bits per heavy atom. The molecule has 2 N–H and O–H groups in total. The maximum absolute atomic E-state index is 12.7. The van der Waals surface area contributed by atoms with E-state index in [2.05, 4.69) is 56.7 Å². The summed E-state index contributed by atoms with van der Waals surface area (Å²) in [5, 5.41) is 23.1. The van der Waals surface area contributed by atoms with E-state index in [9.17, 15) is 9.90 Å². The first-order chi connectivity index (χ1) is 16.8. The number of nitrogens with one attached hydrogen (secondary N) is 1. The van der Waals surface area contributed by atoms with Crippen LogP contribution in [0.4, 0.5) is 0 Å². The van der Waals surface area contributed by atoms with Crippen LogP contribution >= 0.6 is 0 Å². The molecule has 9 nitrogen and oxygen atoms in total. The third kappa shape index (κ3) is 3.81. The normalized spacial score (nSPS) is 13.1. The minimum absolute atomic E-state index is 0.111. The van der Waals surface area contributed by atoms with Crippen molar-refractivity contribution < 1.29 is 14.6 Å². The first kappa shape index (κ1) is 22.9. The molecule has 0 bridgehead atoms. The van der Waals surface area contributed by atoms with Crippen molar-refractivity contribution in [3.63, 3.8) is 0 Å². The molecule has 0 amide bonds. The number of tetrazole rings is 1. The van der Waals surface area contributed by atoms with Gasteiger partial charge >= 0.3 is 5.97 Å². The molecule has 5 rings (SSSR count). The Bertz CT molecular complexity index is 1380. The van der Waals surface area contributed by atoms with Gasteiger partial charge in [-0.3, -0.25) is 0 Å². The number of benzene rings is 2. The van der Waals surface area contributed by atoms with Crippen molar-refractivity contribution in [3.8, 4) is 28.2 Å². The zero-order valence-electron chi connectivity index (χ0n) is 20.2. The Morgan fingerprint density at radius 2 is 1.94 bits per heavy atom. The van der Waals surface area contributed by atoms with Crippen molar-refractivity contribution in [2.75, 3.05) is 6.61 Å². The van der Waals surface area contributed by atoms with Crippen LogP contribution in [-0.4, -0.2) is 47.9 Å². The van der Waals surface area contributed by atoms with Crippen LogP contribution in [0, 0.1) is 0 Å². The standard InChI is InChI=1S/C26H28N6O3/c1-5-10-18(23-27-20(25(33)35-6-2)22(28-23)26(3,4)34)17-14-13-16(15-11-8-7-9-12-15)21-19(17)24-29-30-31-32(21)24/h7-9,11-14,18,34H,5-6,10H2,1-4H3,(H,27,28). The molecule has 0 fully saturated rings. The molecule has 180 valence electrons. The summed E-state index contributed by atoms with van der Waals surface area (Å²) in [4.78, 5) is 20.6. The zero-order chi connectivity index (χ0) is 24.7. The second kappa shape index (κ2) is 8.74. The van der Waals surface area contributed by atoms with Crippen LogP contribution in [0.15, 0.2) is 42.5 Å². The molecule has 2 aromatic carbocycles. The molecule has 1 unspecified atom stereocenters. The predicted molar refractivity (Wildman–Crippen MR) is 130 cm³/mol. The highest BCUT2D eigenvalue weighted by atomic mass is 16.5. The second-order valence-corrected chi connectivity index (χ2v) is 9.17. The number of esters is 1. The fourth-order valence-electron chi connectivity index (χ4n) is 4.72. The van der Waals surface area contributed by atoms with Crippen molar-refractivity contribution in [1.29, 1.82) is 0 Å². The number of rotatable bonds is 8. The average molecular weight is 473 g/mol. The summed E-state index contributed by atoms with van der Waals surface area (Å²) >= 11 is 0. The van der Waals surface area contributed by atoms with E-state index in [0.29, 0.717) is 17.3 Å². The quantitative estimate of drug-likeness (QED) is 0.322. The Morgan fingerprint density at radius 1 is 1.17 bits per heavy atom. The Labute approximate surface area is 203 Å². The van der Waals surface area contributed by atoms with Crippen LogP contribution in [0.5, 0.6) is 0 Å². The Kier molecular flexibility index (Phi) is 5.72. The molecule has 1 aliphatic rings. The Hall–Kier alpha value is -3.85. The highest BCUT2D eigenvalue weighted by Gasteiger charge is 2.37. The van der Waals surface area contributed by atoms with Gasteiger partial charge in [0.05, 0.1) is 23.6 Å². The van der Waals surface area contributed by atoms with Crippen LogP contribution in [0.1, 0.15) is 74.0 Å². The molecular formula is C26H28N6O3. The van der Waals surface area contributed by atoms with Crippen molar-refractivity contribution in [3.05, 3.63) is 65.2 Å². The number of hydrogen-bond donors (Lipinski definition) is 2. The van der Waals surface area contributed by atoms with E-state index in [1.165, 1.54) is 0 Å². The third-order valence-electron chi connectivity index (χ3n) is 6.29. The molecule has 0 saturated carbocycles. The summed E-state index contributed by atoms with van der Waals surface area (Å²) in [6, 6.07) is 14.3. The maximum Gasteiger partial charge on any atom is 0.358 e. The number of H-pyrrole nitrogens is 1. The van der Waals surface area contributed by atoms with E-state index in [0.717, 1.165) is 40.8 Å². The SMILES string of the molecule is CCCC(c1nc(C(=O)OCC)c(C(C)(C)O)[nH]1)c1ccc(-c2ccccc2)c2c1-c1nnnn1-2. The summed E-state index contributed by atoms with van der Waals surface area (Å²) in [7, 11) is 0. The van der Waals surface area contributed by atoms with Gasteiger partial charge in [0, 0.05) is 11.5 Å². The van der Waals surface area contributed by atoms with Crippen LogP contribution in [0.3, 0.4) is 0 Å². The van der Waals surface area contributed by atoms with Gasteiger partial charge in [-0.05, 0) is 48.7 Å². The smallest absolute Gasteiger partial charge is 0.358 e. The molecule has 0 radical (unpaired) electrons. The molecule has 1 atom stereocenters. The number of aromatic amines is 1. The molecule has 9 heteroatoms. The van der Waals surface area contributed by atoms with E-state index in [4.69, 9.17) is 4.74 Å². The number of hydrogen-bond acceptors (Lipinski definition) is 7. The summed E-state index contributed by atoms with van der Waals surface area (Å²) < 4.78 is 6.98. The van der Waals surface area contributed by atoms with Gasteiger partial charge < -0.3 is 14.8 Å². The van der Waals surface area contributed by atoms with Crippen molar-refractivity contribution in [1.82, 2.24) is 30.2 Å². The number of carbonyl (C=O) groups is 1. The molecule has 0 saturated heterocycles. The number of aliphatic hydroxyl groups is 1. The van der Waals surface area contributed by atoms with E-state index in [1.807, 2.05) is 18.2 Å². The Balaban J connectivity index is 1.66. The maximum atomic E-state index is 12.7. The van der Waals surface area contributed by atoms with E-state index < -0.39 is 11.6 Å². The highest BCUT2D eigenvalue weighted by Crippen LogP contribution is 2.48. The lowest BCUT2D eigenvalue weighted by Gasteiger charge is -2.28. The number of imidazole rings is 1. The van der Waals surface area contributed by atoms with Gasteiger partial charge in [-0.2, -0.15) is 4.68 Å². The lowest BCUT2D eigenvalue weighted by Crippen LogP contribution is -2.21. The summed E-state index contributed by atoms with van der Waals surface area (Å²) in [6.07, 6.45) is 1.66. The molecule has 4 aromatic rings. The van der Waals surface area contributed by atoms with Crippen LogP contribution in [-0.2, 0) is 10.3 Å². The monoisotopic (exact) mass is 472 g/mol. The van der Waals surface area contributed by atoms with Crippen molar-refractivity contribution in [2.24, 2.45) is 0 Å². The molecule has 35 heavy (non-hydrogen) atoms. The number of ether oxygens (including phenoxy) is 1. The average Bonchev–Trinajstić information content (AvgIpc) is 3.46. The van der Waals surface area contributed by atoms with Gasteiger partial charge in [0.2, 0.25) is 0 Å². The third-order valence-corrected chi connectivity index (χ3v) is 6.29. The summed E-state index contributed by atoms with van der Waals surface area (Å²) in [6.45, 7) is 7.32. The fourth-order valence-corrected chi connectivity index (χ4v) is 4.72. The zero-order valence-corrected chi connectivity index (χ0v) is 20.2. The lowest BCUT2D eigenvalue weighted by molar-refractivity contribution is 0.0476. The molecule has 2 aromatic heterocycles. The molecular weight excluding hydrogens is 444 g/mol. The van der Waals surface area contributed by atoms with E-state index in [1.54, 1.807) is 25.5 Å². The number of fused-ring (bicyclic) bond motifs is 4. The first-order valence-electron chi connectivity index (χ1n) is 11.9. The van der Waals surface area contributed by atoms with Crippen molar-refractivity contribution in [2.45, 2.75) is 52.1 Å². The van der Waals surface area contributed by atoms with Gasteiger partial charge in [-0.15, -0.1) is 5.10 Å². The summed E-state index contributed by atoms with van der Waals surface area (Å²) in [5.74, 6) is 0.591. The minimum atomic E-state index is -1.30. The molecule has 0 aliphatic carbocycles. The van der Waals surface area contributed by atoms with E-state index >= 15 is 0 Å². The first-order valence-corrected chi connectivity index (χ1v) is 11.9. The lowest BCUT2D eigenvalue weighted by atomic mass is 9.84. The van der Waals surface area contributed by atoms with Gasteiger partial charge in [-0.25, -0.2) is 9.78 Å². The largest absolute Gasteiger partial charge is 0.461 e. The number of nitrogens with zero attached hydrogens (tertiary/aromatic N) is 5. The molecule has 1 aliphatic heterocycles.